The van der Waals surface area contributed by atoms with Crippen molar-refractivity contribution in [2.75, 3.05) is 12.4 Å². The van der Waals surface area contributed by atoms with Gasteiger partial charge in [-0.3, -0.25) is 19.2 Å². The number of esters is 1. The number of methoxy groups -OCH3 is 1. The number of carbonyl (C=O) groups excluding carboxylic acids is 3. The molecule has 0 unspecified atom stereocenters. The van der Waals surface area contributed by atoms with E-state index in [0.29, 0.717) is 33.9 Å². The first kappa shape index (κ1) is 30.4. The van der Waals surface area contributed by atoms with Crippen LogP contribution in [0.5, 0.6) is 0 Å². The van der Waals surface area contributed by atoms with Crippen molar-refractivity contribution < 1.29 is 64.7 Å². The van der Waals surface area contributed by atoms with Crippen LogP contribution < -0.4 is 34.9 Å². The molecule has 0 saturated carbocycles. The smallest absolute Gasteiger partial charge is 1.00 e. The predicted octanol–water partition coefficient (Wildman–Crippen LogP) is 2.38. The van der Waals surface area contributed by atoms with Crippen molar-refractivity contribution in [1.29, 1.82) is 0 Å². The van der Waals surface area contributed by atoms with E-state index in [-0.39, 0.29) is 62.1 Å². The van der Waals surface area contributed by atoms with Gasteiger partial charge >= 0.3 is 41.5 Å². The van der Waals surface area contributed by atoms with E-state index in [4.69, 9.17) is 14.6 Å². The van der Waals surface area contributed by atoms with Gasteiger partial charge in [0.1, 0.15) is 12.4 Å². The second-order valence-electron chi connectivity index (χ2n) is 8.71. The molecule has 0 atom stereocenters. The van der Waals surface area contributed by atoms with Crippen molar-refractivity contribution in [2.45, 2.75) is 39.9 Å². The monoisotopic (exact) mass is 558 g/mol. The van der Waals surface area contributed by atoms with Gasteiger partial charge in [-0.2, -0.15) is 0 Å². The van der Waals surface area contributed by atoms with Crippen molar-refractivity contribution in [1.82, 2.24) is 4.98 Å². The number of ether oxygens (including phenoxy) is 2. The largest absolute Gasteiger partial charge is 1.00 e. The third kappa shape index (κ3) is 6.90. The summed E-state index contributed by atoms with van der Waals surface area (Å²) in [5, 5.41) is 13.1. The molecule has 4 aromatic rings. The van der Waals surface area contributed by atoms with Crippen LogP contribution in [0.25, 0.3) is 21.0 Å². The summed E-state index contributed by atoms with van der Waals surface area (Å²) in [5.74, 6) is -1.73. The molecule has 4 rings (SSSR count). The van der Waals surface area contributed by atoms with Gasteiger partial charge in [-0.05, 0) is 54.8 Å². The van der Waals surface area contributed by atoms with Crippen LogP contribution in [0.1, 0.15) is 57.9 Å². The molecule has 0 aliphatic heterocycles. The number of rotatable bonds is 10. The summed E-state index contributed by atoms with van der Waals surface area (Å²) < 4.78 is 11.3. The number of carbonyl (C=O) groups is 4. The van der Waals surface area contributed by atoms with Crippen molar-refractivity contribution >= 4 is 61.8 Å². The summed E-state index contributed by atoms with van der Waals surface area (Å²) in [4.78, 5) is 53.0. The van der Waals surface area contributed by atoms with E-state index in [1.807, 2.05) is 13.0 Å². The molecule has 9 nitrogen and oxygen atoms in total. The van der Waals surface area contributed by atoms with Gasteiger partial charge in [0.2, 0.25) is 0 Å². The fourth-order valence-electron chi connectivity index (χ4n) is 4.23. The van der Waals surface area contributed by atoms with Crippen LogP contribution in [-0.4, -0.2) is 40.8 Å². The molecule has 0 aliphatic rings. The van der Waals surface area contributed by atoms with Crippen LogP contribution in [0.4, 0.5) is 5.82 Å². The molecule has 198 valence electrons. The number of aryl methyl sites for hydroxylation is 1. The zero-order valence-electron chi connectivity index (χ0n) is 23.1. The van der Waals surface area contributed by atoms with Gasteiger partial charge in [0.05, 0.1) is 29.8 Å². The predicted molar refractivity (Wildman–Crippen MR) is 145 cm³/mol. The van der Waals surface area contributed by atoms with Crippen LogP contribution in [0.15, 0.2) is 42.5 Å². The number of amides is 1. The molecule has 0 saturated heterocycles. The van der Waals surface area contributed by atoms with Crippen LogP contribution >= 0.6 is 11.3 Å². The molecule has 1 amide bonds. The maximum Gasteiger partial charge on any atom is 1.00 e. The van der Waals surface area contributed by atoms with Crippen molar-refractivity contribution in [3.63, 3.8) is 0 Å². The average molecular weight is 559 g/mol. The first-order valence-electron chi connectivity index (χ1n) is 11.8. The molecule has 2 heterocycles. The third-order valence-electron chi connectivity index (χ3n) is 6.04. The molecule has 39 heavy (non-hydrogen) atoms. The number of carboxylic acid groups (broad SMARTS) is 1. The van der Waals surface area contributed by atoms with Gasteiger partial charge < -0.3 is 21.3 Å². The van der Waals surface area contributed by atoms with Crippen LogP contribution in [-0.2, 0) is 32.3 Å². The number of aromatic nitrogens is 1. The van der Waals surface area contributed by atoms with Gasteiger partial charge in [0.25, 0.3) is 5.91 Å². The van der Waals surface area contributed by atoms with Crippen molar-refractivity contribution in [3.05, 3.63) is 69.6 Å². The summed E-state index contributed by atoms with van der Waals surface area (Å²) in [5.41, 5.74) is 3.54. The van der Waals surface area contributed by atoms with Gasteiger partial charge in [-0.25, -0.2) is 4.98 Å². The molecule has 0 spiro atoms. The first-order valence-corrected chi connectivity index (χ1v) is 12.6. The fraction of sp³-hybridized carbons (Fsp3) is 0.250. The molecule has 2 aromatic heterocycles. The van der Waals surface area contributed by atoms with Gasteiger partial charge in [-0.15, -0.1) is 11.3 Å². The Morgan fingerprint density at radius 3 is 2.49 bits per heavy atom. The SMILES string of the molecule is COCc1ccc(C(C)=O)c2sc(C(=O)Nc3ccc4c(COC(=O)CCC(=O)O)cccc4n3)c(C)c12.[H-].[Na+]. The van der Waals surface area contributed by atoms with E-state index in [1.54, 1.807) is 43.5 Å². The number of thiophene rings is 1. The molecule has 0 radical (unpaired) electrons. The molecule has 0 fully saturated rings. The Hall–Kier alpha value is -3.15. The Labute approximate surface area is 252 Å². The maximum absolute atomic E-state index is 13.3. The van der Waals surface area contributed by atoms with E-state index in [2.05, 4.69) is 10.3 Å². The number of ketones is 1. The number of Topliss-reactive ketones (excluding diaryl/α,β-unsaturated/α-hetero) is 1. The summed E-state index contributed by atoms with van der Waals surface area (Å²) >= 11 is 1.27. The number of nitrogens with one attached hydrogen (secondary N) is 1. The number of benzene rings is 2. The number of fused-ring (bicyclic) bond motifs is 2. The minimum absolute atomic E-state index is 0. The summed E-state index contributed by atoms with van der Waals surface area (Å²) in [7, 11) is 1.60. The van der Waals surface area contributed by atoms with E-state index in [0.717, 1.165) is 26.6 Å². The molecular weight excluding hydrogens is 531 g/mol. The molecule has 11 heteroatoms. The number of hydrogen-bond donors (Lipinski definition) is 2. The molecule has 0 aliphatic carbocycles. The van der Waals surface area contributed by atoms with E-state index in [9.17, 15) is 19.2 Å². The van der Waals surface area contributed by atoms with E-state index < -0.39 is 11.9 Å². The topological polar surface area (TPSA) is 132 Å². The Kier molecular flexibility index (Phi) is 10.3. The number of hydrogen-bond acceptors (Lipinski definition) is 8. The Morgan fingerprint density at radius 2 is 1.79 bits per heavy atom. The Bertz CT molecular complexity index is 1590. The van der Waals surface area contributed by atoms with E-state index in [1.165, 1.54) is 18.3 Å². The molecular formula is C28H27N2NaO7S. The molecule has 0 bridgehead atoms. The maximum atomic E-state index is 13.3. The first-order chi connectivity index (χ1) is 18.2. The van der Waals surface area contributed by atoms with Gasteiger partial charge in [0, 0.05) is 28.1 Å². The number of pyridine rings is 1. The zero-order valence-corrected chi connectivity index (χ0v) is 24.9. The second-order valence-corrected chi connectivity index (χ2v) is 9.73. The van der Waals surface area contributed by atoms with Crippen molar-refractivity contribution in [3.8, 4) is 0 Å². The Morgan fingerprint density at radius 1 is 1.03 bits per heavy atom. The minimum Gasteiger partial charge on any atom is -1.00 e. The summed E-state index contributed by atoms with van der Waals surface area (Å²) in [6, 6.07) is 12.4. The van der Waals surface area contributed by atoms with Gasteiger partial charge in [0.15, 0.2) is 5.78 Å². The molecule has 2 N–H and O–H groups in total. The number of nitrogens with zero attached hydrogens (tertiary/aromatic N) is 1. The quantitative estimate of drug-likeness (QED) is 0.172. The molecule has 2 aromatic carbocycles. The summed E-state index contributed by atoms with van der Waals surface area (Å²) in [6.07, 6.45) is -0.492. The zero-order chi connectivity index (χ0) is 27.4. The number of carboxylic acids is 1. The fourth-order valence-corrected chi connectivity index (χ4v) is 5.54. The minimum atomic E-state index is -1.06. The Balaban J connectivity index is 0.00000280. The number of aliphatic carboxylic acids is 1. The van der Waals surface area contributed by atoms with E-state index >= 15 is 0 Å². The van der Waals surface area contributed by atoms with Crippen LogP contribution in [0, 0.1) is 6.92 Å². The number of anilines is 1. The normalized spacial score (nSPS) is 10.7. The van der Waals surface area contributed by atoms with Gasteiger partial charge in [-0.1, -0.05) is 18.2 Å². The average Bonchev–Trinajstić information content (AvgIpc) is 3.23. The summed E-state index contributed by atoms with van der Waals surface area (Å²) in [6.45, 7) is 3.70. The van der Waals surface area contributed by atoms with Crippen LogP contribution in [0.2, 0.25) is 0 Å². The van der Waals surface area contributed by atoms with Crippen molar-refractivity contribution in [2.24, 2.45) is 0 Å². The standard InChI is InChI=1S/C28H26N2O7S.Na.H/c1-15-25-18(13-36-3)7-8-19(16(2)31)27(25)38-26(15)28(35)30-22-10-9-20-17(5-4-6-21(20)29-22)14-37-24(34)12-11-23(32)33;;/h4-10H,11-14H2,1-3H3,(H,32,33)(H,29,30,35);;/q;+1;-1. The second kappa shape index (κ2) is 13.3. The van der Waals surface area contributed by atoms with Crippen LogP contribution in [0.3, 0.4) is 0 Å². The third-order valence-corrected chi connectivity index (χ3v) is 7.37.